The third-order valence-electron chi connectivity index (χ3n) is 4.64. The van der Waals surface area contributed by atoms with E-state index in [2.05, 4.69) is 5.32 Å². The fraction of sp³-hybridized carbons (Fsp3) is 0.211. The van der Waals surface area contributed by atoms with Gasteiger partial charge in [0.1, 0.15) is 11.9 Å². The van der Waals surface area contributed by atoms with Crippen LogP contribution in [0.4, 0.5) is 20.6 Å². The van der Waals surface area contributed by atoms with Crippen LogP contribution in [0.5, 0.6) is 0 Å². The number of rotatable bonds is 3. The molecule has 7 heteroatoms. The van der Waals surface area contributed by atoms with Crippen molar-refractivity contribution in [3.63, 3.8) is 0 Å². The van der Waals surface area contributed by atoms with Crippen molar-refractivity contribution in [2.24, 2.45) is 0 Å². The maximum atomic E-state index is 13.3. The van der Waals surface area contributed by atoms with Gasteiger partial charge in [-0.25, -0.2) is 14.1 Å². The molecule has 132 valence electrons. The zero-order chi connectivity index (χ0) is 18.3. The first-order chi connectivity index (χ1) is 12.5. The Bertz CT molecular complexity index is 892. The van der Waals surface area contributed by atoms with Gasteiger partial charge in [0.15, 0.2) is 0 Å². The van der Waals surface area contributed by atoms with Gasteiger partial charge in [0, 0.05) is 17.8 Å². The van der Waals surface area contributed by atoms with E-state index in [0.29, 0.717) is 24.3 Å². The number of hydrogen-bond donors (Lipinski definition) is 1. The molecular formula is C19H16FN3O3. The van der Waals surface area contributed by atoms with Crippen molar-refractivity contribution in [1.29, 1.82) is 0 Å². The summed E-state index contributed by atoms with van der Waals surface area (Å²) in [4.78, 5) is 40.0. The molecule has 2 aromatic rings. The number of halogens is 1. The fourth-order valence-electron chi connectivity index (χ4n) is 3.42. The van der Waals surface area contributed by atoms with E-state index in [-0.39, 0.29) is 23.5 Å². The molecule has 0 aromatic heterocycles. The van der Waals surface area contributed by atoms with E-state index in [0.717, 1.165) is 17.4 Å². The Balaban J connectivity index is 1.57. The maximum absolute atomic E-state index is 13.3. The lowest BCUT2D eigenvalue weighted by Gasteiger charge is -2.16. The van der Waals surface area contributed by atoms with Gasteiger partial charge in [-0.1, -0.05) is 12.1 Å². The lowest BCUT2D eigenvalue weighted by molar-refractivity contribution is -0.119. The first-order valence-electron chi connectivity index (χ1n) is 8.36. The summed E-state index contributed by atoms with van der Waals surface area (Å²) < 4.78 is 13.3. The second-order valence-electron chi connectivity index (χ2n) is 6.32. The number of urea groups is 1. The van der Waals surface area contributed by atoms with E-state index in [1.807, 2.05) is 0 Å². The third-order valence-corrected chi connectivity index (χ3v) is 4.64. The van der Waals surface area contributed by atoms with Crippen LogP contribution in [0.25, 0.3) is 0 Å². The first-order valence-corrected chi connectivity index (χ1v) is 8.36. The van der Waals surface area contributed by atoms with Crippen molar-refractivity contribution in [3.05, 3.63) is 59.9 Å². The molecule has 2 fully saturated rings. The van der Waals surface area contributed by atoms with Crippen molar-refractivity contribution >= 4 is 29.2 Å². The number of nitrogens with one attached hydrogen (secondary N) is 1. The van der Waals surface area contributed by atoms with E-state index in [1.165, 1.54) is 18.2 Å². The predicted octanol–water partition coefficient (Wildman–Crippen LogP) is 3.01. The molecule has 2 aromatic carbocycles. The lowest BCUT2D eigenvalue weighted by atomic mass is 10.2. The average Bonchev–Trinajstić information content (AvgIpc) is 3.19. The van der Waals surface area contributed by atoms with Crippen LogP contribution in [-0.4, -0.2) is 35.3 Å². The highest BCUT2D eigenvalue weighted by Crippen LogP contribution is 2.32. The summed E-state index contributed by atoms with van der Waals surface area (Å²) in [7, 11) is 0. The number of carbonyl (C=O) groups excluding carboxylic acids is 3. The van der Waals surface area contributed by atoms with Gasteiger partial charge in [-0.05, 0) is 49.2 Å². The number of carbonyl (C=O) groups is 3. The minimum absolute atomic E-state index is 0.185. The number of nitrogens with zero attached hydrogens (tertiary/aromatic N) is 2. The summed E-state index contributed by atoms with van der Waals surface area (Å²) in [6.45, 7) is 0.585. The summed E-state index contributed by atoms with van der Waals surface area (Å²) in [5, 5.41) is 2.66. The lowest BCUT2D eigenvalue weighted by Crippen LogP contribution is -2.33. The molecule has 0 radical (unpaired) electrons. The Morgan fingerprint density at radius 2 is 1.92 bits per heavy atom. The third kappa shape index (κ3) is 2.71. The van der Waals surface area contributed by atoms with Gasteiger partial charge >= 0.3 is 6.03 Å². The van der Waals surface area contributed by atoms with E-state index in [1.54, 1.807) is 29.2 Å². The number of imide groups is 1. The molecule has 1 atom stereocenters. The van der Waals surface area contributed by atoms with Gasteiger partial charge in [-0.3, -0.25) is 9.59 Å². The molecule has 0 bridgehead atoms. The van der Waals surface area contributed by atoms with Crippen molar-refractivity contribution in [3.8, 4) is 0 Å². The van der Waals surface area contributed by atoms with Crippen LogP contribution in [0.1, 0.15) is 23.2 Å². The van der Waals surface area contributed by atoms with Crippen LogP contribution >= 0.6 is 0 Å². The van der Waals surface area contributed by atoms with Crippen LogP contribution < -0.4 is 10.2 Å². The molecule has 26 heavy (non-hydrogen) atoms. The van der Waals surface area contributed by atoms with Crippen LogP contribution in [0.2, 0.25) is 0 Å². The quantitative estimate of drug-likeness (QED) is 0.863. The Labute approximate surface area is 149 Å². The van der Waals surface area contributed by atoms with E-state index in [9.17, 15) is 18.8 Å². The van der Waals surface area contributed by atoms with Crippen molar-refractivity contribution in [2.45, 2.75) is 18.9 Å². The maximum Gasteiger partial charge on any atom is 0.332 e. The Morgan fingerprint density at radius 3 is 2.69 bits per heavy atom. The second-order valence-corrected chi connectivity index (χ2v) is 6.32. The number of anilines is 2. The van der Waals surface area contributed by atoms with Gasteiger partial charge in [0.2, 0.25) is 0 Å². The normalized spacial score (nSPS) is 19.0. The van der Waals surface area contributed by atoms with Gasteiger partial charge in [-0.2, -0.15) is 0 Å². The Morgan fingerprint density at radius 1 is 1.12 bits per heavy atom. The zero-order valence-electron chi connectivity index (χ0n) is 13.8. The van der Waals surface area contributed by atoms with Gasteiger partial charge in [0.05, 0.1) is 5.69 Å². The molecule has 2 aliphatic rings. The number of fused-ring (bicyclic) bond motifs is 1. The van der Waals surface area contributed by atoms with Crippen molar-refractivity contribution < 1.29 is 18.8 Å². The molecule has 4 rings (SSSR count). The molecule has 2 saturated heterocycles. The monoisotopic (exact) mass is 353 g/mol. The van der Waals surface area contributed by atoms with Crippen LogP contribution in [0.15, 0.2) is 48.5 Å². The Kier molecular flexibility index (Phi) is 3.91. The average molecular weight is 353 g/mol. The molecule has 4 amide bonds. The Hall–Kier alpha value is -3.22. The molecule has 0 aliphatic carbocycles. The summed E-state index contributed by atoms with van der Waals surface area (Å²) >= 11 is 0. The highest BCUT2D eigenvalue weighted by Gasteiger charge is 2.47. The summed E-state index contributed by atoms with van der Waals surface area (Å²) in [5.41, 5.74) is 1.01. The smallest absolute Gasteiger partial charge is 0.322 e. The molecule has 6 nitrogen and oxygen atoms in total. The van der Waals surface area contributed by atoms with Crippen LogP contribution in [-0.2, 0) is 4.79 Å². The summed E-state index contributed by atoms with van der Waals surface area (Å²) in [6.07, 6.45) is 1.51. The van der Waals surface area contributed by atoms with E-state index in [4.69, 9.17) is 0 Å². The van der Waals surface area contributed by atoms with Gasteiger partial charge in [0.25, 0.3) is 11.8 Å². The molecular weight excluding hydrogens is 337 g/mol. The predicted molar refractivity (Wildman–Crippen MR) is 93.4 cm³/mol. The minimum Gasteiger partial charge on any atom is -0.322 e. The van der Waals surface area contributed by atoms with E-state index < -0.39 is 11.7 Å². The highest BCUT2D eigenvalue weighted by molar-refractivity contribution is 6.21. The van der Waals surface area contributed by atoms with Gasteiger partial charge < -0.3 is 10.2 Å². The van der Waals surface area contributed by atoms with Gasteiger partial charge in [-0.15, -0.1) is 0 Å². The first kappa shape index (κ1) is 16.3. The van der Waals surface area contributed by atoms with Crippen molar-refractivity contribution in [2.75, 3.05) is 16.8 Å². The van der Waals surface area contributed by atoms with E-state index >= 15 is 0 Å². The number of benzene rings is 2. The molecule has 0 saturated carbocycles. The molecule has 2 heterocycles. The SMILES string of the molecule is O=C(Nc1cccc(N2C(=O)C3CCCN3C2=O)c1)c1cccc(F)c1. The largest absolute Gasteiger partial charge is 0.332 e. The topological polar surface area (TPSA) is 69.7 Å². The fourth-order valence-corrected chi connectivity index (χ4v) is 3.42. The molecule has 2 aliphatic heterocycles. The standard InChI is InChI=1S/C19H16FN3O3/c20-13-5-1-4-12(10-13)17(24)21-14-6-2-7-15(11-14)23-18(25)16-8-3-9-22(16)19(23)26/h1-2,4-7,10-11,16H,3,8-9H2,(H,21,24). The highest BCUT2D eigenvalue weighted by atomic mass is 19.1. The molecule has 1 N–H and O–H groups in total. The van der Waals surface area contributed by atoms with Crippen LogP contribution in [0.3, 0.4) is 0 Å². The number of amides is 4. The molecule has 0 spiro atoms. The number of hydrogen-bond acceptors (Lipinski definition) is 3. The van der Waals surface area contributed by atoms with Crippen LogP contribution in [0, 0.1) is 5.82 Å². The molecule has 1 unspecified atom stereocenters. The zero-order valence-corrected chi connectivity index (χ0v) is 13.8. The summed E-state index contributed by atoms with van der Waals surface area (Å²) in [6, 6.07) is 11.2. The minimum atomic E-state index is -0.500. The summed E-state index contributed by atoms with van der Waals surface area (Å²) in [5.74, 6) is -1.21. The second kappa shape index (κ2) is 6.25. The van der Waals surface area contributed by atoms with Crippen molar-refractivity contribution in [1.82, 2.24) is 4.90 Å².